The van der Waals surface area contributed by atoms with Gasteiger partial charge >= 0.3 is 5.97 Å². The van der Waals surface area contributed by atoms with Crippen molar-refractivity contribution in [3.05, 3.63) is 12.2 Å². The van der Waals surface area contributed by atoms with Gasteiger partial charge in [0.15, 0.2) is 12.1 Å². The summed E-state index contributed by atoms with van der Waals surface area (Å²) in [5.41, 5.74) is 0. The van der Waals surface area contributed by atoms with Gasteiger partial charge < -0.3 is 24.4 Å². The fourth-order valence-electron chi connectivity index (χ4n) is 1.94. The number of fused-ring (bicyclic) bond motifs is 1. The molecular weight excluding hydrogens is 216 g/mol. The molecule has 0 radical (unpaired) electrons. The van der Waals surface area contributed by atoms with Crippen molar-refractivity contribution in [1.29, 1.82) is 0 Å². The third-order valence-electron chi connectivity index (χ3n) is 2.49. The molecule has 2 N–H and O–H groups in total. The predicted molar refractivity (Wildman–Crippen MR) is 51.5 cm³/mol. The molecule has 0 saturated carbocycles. The lowest BCUT2D eigenvalue weighted by Crippen LogP contribution is -2.29. The molecule has 0 aromatic heterocycles. The molecule has 0 bridgehead atoms. The molecule has 2 aliphatic rings. The highest BCUT2D eigenvalue weighted by Crippen LogP contribution is 2.38. The molecule has 0 aliphatic carbocycles. The molecule has 0 spiro atoms. The van der Waals surface area contributed by atoms with Crippen LogP contribution in [0.25, 0.3) is 0 Å². The quantitative estimate of drug-likeness (QED) is 0.642. The first-order valence-electron chi connectivity index (χ1n) is 4.99. The van der Waals surface area contributed by atoms with Gasteiger partial charge in [-0.25, -0.2) is 4.79 Å². The number of ether oxygens (including phenoxy) is 3. The molecule has 0 aromatic rings. The number of carboxylic acid groups (broad SMARTS) is 1. The Kier molecular flexibility index (Phi) is 2.75. The summed E-state index contributed by atoms with van der Waals surface area (Å²) in [5, 5.41) is 18.1. The smallest absolute Gasteiger partial charge is 0.328 e. The van der Waals surface area contributed by atoms with Gasteiger partial charge in [-0.1, -0.05) is 0 Å². The maximum absolute atomic E-state index is 10.4. The Morgan fingerprint density at radius 1 is 1.31 bits per heavy atom. The molecule has 4 atom stereocenters. The van der Waals surface area contributed by atoms with Crippen molar-refractivity contribution in [3.63, 3.8) is 0 Å². The number of aliphatic carboxylic acids is 1. The molecule has 2 rings (SSSR count). The van der Waals surface area contributed by atoms with Crippen LogP contribution in [0.3, 0.4) is 0 Å². The number of hydrogen-bond acceptors (Lipinski definition) is 5. The van der Waals surface area contributed by atoms with E-state index in [-0.39, 0.29) is 0 Å². The molecule has 2 fully saturated rings. The number of aliphatic hydroxyl groups excluding tert-OH is 1. The molecule has 16 heavy (non-hydrogen) atoms. The van der Waals surface area contributed by atoms with Crippen LogP contribution in [-0.4, -0.2) is 46.6 Å². The zero-order valence-corrected chi connectivity index (χ0v) is 8.99. The number of hydrogen-bond donors (Lipinski definition) is 2. The standard InChI is InChI=1S/C10H14O6/c1-10(2)15-7-5(3-4-6(11)12)14-9(13)8(7)16-10/h3-5,7-9,13H,1-2H3,(H,11,12)/b4-3+/t5-,7-,8-,9-/m1/s1. The summed E-state index contributed by atoms with van der Waals surface area (Å²) in [7, 11) is 0. The summed E-state index contributed by atoms with van der Waals surface area (Å²) in [4.78, 5) is 10.4. The normalized spacial score (nSPS) is 41.4. The first kappa shape index (κ1) is 11.5. The highest BCUT2D eigenvalue weighted by Gasteiger charge is 2.54. The Bertz CT molecular complexity index is 323. The van der Waals surface area contributed by atoms with Gasteiger partial charge in [0.05, 0.1) is 0 Å². The molecule has 2 saturated heterocycles. The fraction of sp³-hybridized carbons (Fsp3) is 0.700. The van der Waals surface area contributed by atoms with E-state index in [1.54, 1.807) is 13.8 Å². The first-order chi connectivity index (χ1) is 7.39. The van der Waals surface area contributed by atoms with Crippen molar-refractivity contribution in [3.8, 4) is 0 Å². The summed E-state index contributed by atoms with van der Waals surface area (Å²) in [6.07, 6.45) is -0.415. The van der Waals surface area contributed by atoms with E-state index in [2.05, 4.69) is 0 Å². The van der Waals surface area contributed by atoms with Crippen molar-refractivity contribution >= 4 is 5.97 Å². The van der Waals surface area contributed by atoms with Gasteiger partial charge in [0, 0.05) is 6.08 Å². The molecule has 90 valence electrons. The Labute approximate surface area is 92.4 Å². The van der Waals surface area contributed by atoms with Crippen LogP contribution >= 0.6 is 0 Å². The number of aliphatic hydroxyl groups is 1. The fourth-order valence-corrected chi connectivity index (χ4v) is 1.94. The van der Waals surface area contributed by atoms with Gasteiger partial charge in [0.2, 0.25) is 0 Å². The van der Waals surface area contributed by atoms with Gasteiger partial charge in [-0.05, 0) is 19.9 Å². The van der Waals surface area contributed by atoms with Crippen LogP contribution in [0.15, 0.2) is 12.2 Å². The molecule has 0 unspecified atom stereocenters. The largest absolute Gasteiger partial charge is 0.478 e. The second-order valence-corrected chi connectivity index (χ2v) is 4.25. The summed E-state index contributed by atoms with van der Waals surface area (Å²) in [6, 6.07) is 0. The van der Waals surface area contributed by atoms with Crippen LogP contribution in [0.2, 0.25) is 0 Å². The van der Waals surface area contributed by atoms with Crippen LogP contribution in [0.5, 0.6) is 0 Å². The van der Waals surface area contributed by atoms with Gasteiger partial charge in [-0.3, -0.25) is 0 Å². The zero-order chi connectivity index (χ0) is 11.9. The highest BCUT2D eigenvalue weighted by molar-refractivity contribution is 5.79. The molecule has 2 aliphatic heterocycles. The van der Waals surface area contributed by atoms with Gasteiger partial charge in [0.1, 0.15) is 18.3 Å². The van der Waals surface area contributed by atoms with E-state index in [4.69, 9.17) is 19.3 Å². The van der Waals surface area contributed by atoms with Crippen LogP contribution in [0.4, 0.5) is 0 Å². The van der Waals surface area contributed by atoms with Crippen LogP contribution < -0.4 is 0 Å². The first-order valence-corrected chi connectivity index (χ1v) is 4.99. The van der Waals surface area contributed by atoms with Crippen molar-refractivity contribution in [2.75, 3.05) is 0 Å². The van der Waals surface area contributed by atoms with E-state index < -0.39 is 36.4 Å². The van der Waals surface area contributed by atoms with E-state index in [0.29, 0.717) is 0 Å². The van der Waals surface area contributed by atoms with Crippen molar-refractivity contribution in [1.82, 2.24) is 0 Å². The van der Waals surface area contributed by atoms with E-state index >= 15 is 0 Å². The molecule has 0 aromatic carbocycles. The Balaban J connectivity index is 2.10. The highest BCUT2D eigenvalue weighted by atomic mass is 16.8. The van der Waals surface area contributed by atoms with Gasteiger partial charge in [-0.2, -0.15) is 0 Å². The van der Waals surface area contributed by atoms with E-state index in [9.17, 15) is 9.90 Å². The zero-order valence-electron chi connectivity index (χ0n) is 8.99. The Morgan fingerprint density at radius 2 is 1.94 bits per heavy atom. The molecular formula is C10H14O6. The lowest BCUT2D eigenvalue weighted by molar-refractivity contribution is -0.214. The second kappa shape index (κ2) is 3.81. The summed E-state index contributed by atoms with van der Waals surface area (Å²) in [5.74, 6) is -1.85. The van der Waals surface area contributed by atoms with Crippen molar-refractivity contribution in [2.24, 2.45) is 0 Å². The molecule has 6 heteroatoms. The van der Waals surface area contributed by atoms with Crippen LogP contribution in [0, 0.1) is 0 Å². The minimum absolute atomic E-state index is 0.472. The molecule has 2 heterocycles. The van der Waals surface area contributed by atoms with Gasteiger partial charge in [-0.15, -0.1) is 0 Å². The number of rotatable bonds is 2. The minimum atomic E-state index is -1.09. The minimum Gasteiger partial charge on any atom is -0.478 e. The van der Waals surface area contributed by atoms with E-state index in [0.717, 1.165) is 6.08 Å². The average molecular weight is 230 g/mol. The van der Waals surface area contributed by atoms with E-state index in [1.807, 2.05) is 0 Å². The maximum Gasteiger partial charge on any atom is 0.328 e. The van der Waals surface area contributed by atoms with Crippen molar-refractivity contribution in [2.45, 2.75) is 44.2 Å². The summed E-state index contributed by atoms with van der Waals surface area (Å²) in [6.45, 7) is 3.46. The summed E-state index contributed by atoms with van der Waals surface area (Å²) < 4.78 is 16.1. The van der Waals surface area contributed by atoms with Crippen molar-refractivity contribution < 1.29 is 29.2 Å². The molecule has 0 amide bonds. The van der Waals surface area contributed by atoms with Crippen LogP contribution in [0.1, 0.15) is 13.8 Å². The molecule has 6 nitrogen and oxygen atoms in total. The van der Waals surface area contributed by atoms with Crippen LogP contribution in [-0.2, 0) is 19.0 Å². The number of carboxylic acids is 1. The lowest BCUT2D eigenvalue weighted by Gasteiger charge is -2.21. The Morgan fingerprint density at radius 3 is 2.56 bits per heavy atom. The third-order valence-corrected chi connectivity index (χ3v) is 2.49. The topological polar surface area (TPSA) is 85.2 Å². The summed E-state index contributed by atoms with van der Waals surface area (Å²) >= 11 is 0. The third kappa shape index (κ3) is 2.10. The Hall–Kier alpha value is -0.950. The maximum atomic E-state index is 10.4. The average Bonchev–Trinajstić information content (AvgIpc) is 2.59. The second-order valence-electron chi connectivity index (χ2n) is 4.25. The number of carbonyl (C=O) groups is 1. The SMILES string of the molecule is CC1(C)O[C@@H]2[C@H](O1)[C@@H](/C=C/C(=O)O)O[C@H]2O. The monoisotopic (exact) mass is 230 g/mol. The van der Waals surface area contributed by atoms with Gasteiger partial charge in [0.25, 0.3) is 0 Å². The lowest BCUT2D eigenvalue weighted by atomic mass is 10.1. The predicted octanol–water partition coefficient (Wildman–Crippen LogP) is -0.136. The van der Waals surface area contributed by atoms with E-state index in [1.165, 1.54) is 6.08 Å².